The lowest BCUT2D eigenvalue weighted by Crippen LogP contribution is -2.52. The molecule has 2 aliphatic rings. The molecular weight excluding hydrogens is 356 g/mol. The van der Waals surface area contributed by atoms with Crippen LogP contribution in [0.5, 0.6) is 0 Å². The molecule has 1 heterocycles. The maximum absolute atomic E-state index is 12.3. The summed E-state index contributed by atoms with van der Waals surface area (Å²) in [7, 11) is 0. The number of carboxylic acid groups (broad SMARTS) is 1. The van der Waals surface area contributed by atoms with Crippen LogP contribution in [0.25, 0.3) is 0 Å². The second-order valence-electron chi connectivity index (χ2n) is 7.96. The molecule has 0 spiro atoms. The molecule has 1 aromatic carbocycles. The van der Waals surface area contributed by atoms with Gasteiger partial charge in [0.05, 0.1) is 25.0 Å². The highest BCUT2D eigenvalue weighted by molar-refractivity contribution is 5.69. The van der Waals surface area contributed by atoms with Crippen molar-refractivity contribution in [2.45, 2.75) is 44.3 Å². The fourth-order valence-electron chi connectivity index (χ4n) is 3.78. The zero-order chi connectivity index (χ0) is 19.5. The molecule has 2 aromatic rings. The van der Waals surface area contributed by atoms with E-state index in [1.165, 1.54) is 17.5 Å². The number of anilines is 1. The number of carboxylic acids is 1. The molecule has 0 radical (unpaired) electrons. The number of hydrogen-bond donors (Lipinski definition) is 2. The highest BCUT2D eigenvalue weighted by Gasteiger charge is 2.37. The number of nitrogens with zero attached hydrogens (tertiary/aromatic N) is 3. The van der Waals surface area contributed by atoms with Gasteiger partial charge in [-0.2, -0.15) is 5.10 Å². The summed E-state index contributed by atoms with van der Waals surface area (Å²) in [6.45, 7) is 1.46. The number of benzene rings is 1. The maximum Gasteiger partial charge on any atom is 0.317 e. The van der Waals surface area contributed by atoms with Gasteiger partial charge in [-0.15, -0.1) is 0 Å². The van der Waals surface area contributed by atoms with E-state index >= 15 is 0 Å². The summed E-state index contributed by atoms with van der Waals surface area (Å²) in [4.78, 5) is 25.6. The molecule has 148 valence electrons. The lowest BCUT2D eigenvalue weighted by Gasteiger charge is -2.43. The third-order valence-corrected chi connectivity index (χ3v) is 5.57. The summed E-state index contributed by atoms with van der Waals surface area (Å²) in [5, 5.41) is 16.8. The average molecular weight is 382 g/mol. The first-order valence-corrected chi connectivity index (χ1v) is 9.90. The molecule has 4 rings (SSSR count). The number of rotatable bonds is 9. The number of aromatic nitrogens is 2. The molecule has 2 aliphatic carbocycles. The maximum atomic E-state index is 12.3. The van der Waals surface area contributed by atoms with Crippen LogP contribution >= 0.6 is 0 Å². The predicted molar refractivity (Wildman–Crippen MR) is 106 cm³/mol. The molecule has 2 saturated carbocycles. The van der Waals surface area contributed by atoms with Gasteiger partial charge in [-0.25, -0.2) is 4.68 Å². The van der Waals surface area contributed by atoms with Crippen LogP contribution in [0.15, 0.2) is 47.4 Å². The minimum Gasteiger partial charge on any atom is -0.480 e. The van der Waals surface area contributed by atoms with Crippen LogP contribution in [0.2, 0.25) is 0 Å². The summed E-state index contributed by atoms with van der Waals surface area (Å²) in [6, 6.07) is 11.9. The van der Waals surface area contributed by atoms with Gasteiger partial charge in [0, 0.05) is 24.7 Å². The Labute approximate surface area is 164 Å². The molecule has 7 heteroatoms. The molecule has 0 aliphatic heterocycles. The molecule has 0 bridgehead atoms. The van der Waals surface area contributed by atoms with Crippen molar-refractivity contribution in [2.75, 3.05) is 18.4 Å². The summed E-state index contributed by atoms with van der Waals surface area (Å²) in [5.41, 5.74) is 1.63. The molecule has 0 unspecified atom stereocenters. The molecule has 0 amide bonds. The highest BCUT2D eigenvalue weighted by atomic mass is 16.4. The van der Waals surface area contributed by atoms with E-state index in [1.807, 2.05) is 30.3 Å². The van der Waals surface area contributed by atoms with E-state index in [9.17, 15) is 9.59 Å². The van der Waals surface area contributed by atoms with Gasteiger partial charge in [0.25, 0.3) is 5.56 Å². The van der Waals surface area contributed by atoms with Gasteiger partial charge >= 0.3 is 5.97 Å². The lowest BCUT2D eigenvalue weighted by atomic mass is 9.85. The number of hydrogen-bond acceptors (Lipinski definition) is 5. The molecule has 2 fully saturated rings. The van der Waals surface area contributed by atoms with Crippen molar-refractivity contribution < 1.29 is 9.90 Å². The van der Waals surface area contributed by atoms with E-state index in [-0.39, 0.29) is 18.1 Å². The van der Waals surface area contributed by atoms with Crippen LogP contribution in [-0.4, -0.2) is 50.9 Å². The van der Waals surface area contributed by atoms with Crippen LogP contribution < -0.4 is 10.9 Å². The molecular formula is C21H26N4O3. The minimum absolute atomic E-state index is 0.116. The van der Waals surface area contributed by atoms with Crippen molar-refractivity contribution in [1.82, 2.24) is 14.7 Å². The topological polar surface area (TPSA) is 87.5 Å². The third kappa shape index (κ3) is 4.78. The Morgan fingerprint density at radius 3 is 2.64 bits per heavy atom. The first-order valence-electron chi connectivity index (χ1n) is 9.90. The molecule has 2 N–H and O–H groups in total. The van der Waals surface area contributed by atoms with Crippen LogP contribution in [0.4, 0.5) is 5.69 Å². The highest BCUT2D eigenvalue weighted by Crippen LogP contribution is 2.34. The van der Waals surface area contributed by atoms with Crippen LogP contribution in [-0.2, 0) is 11.3 Å². The SMILES string of the molecule is O=C(O)CN(CC1CC1)C1CC(Nc2cnn(Cc3ccccc3)c(=O)c2)C1. The quantitative estimate of drug-likeness (QED) is 0.690. The first kappa shape index (κ1) is 18.7. The molecule has 28 heavy (non-hydrogen) atoms. The summed E-state index contributed by atoms with van der Waals surface area (Å²) >= 11 is 0. The Balaban J connectivity index is 1.31. The second-order valence-corrected chi connectivity index (χ2v) is 7.96. The van der Waals surface area contributed by atoms with E-state index < -0.39 is 5.97 Å². The number of carbonyl (C=O) groups is 1. The Kier molecular flexibility index (Phi) is 5.43. The Morgan fingerprint density at radius 1 is 1.25 bits per heavy atom. The monoisotopic (exact) mass is 382 g/mol. The average Bonchev–Trinajstić information content (AvgIpc) is 3.44. The van der Waals surface area contributed by atoms with Gasteiger partial charge in [-0.1, -0.05) is 30.3 Å². The number of aliphatic carboxylic acids is 1. The van der Waals surface area contributed by atoms with Crippen molar-refractivity contribution in [2.24, 2.45) is 5.92 Å². The van der Waals surface area contributed by atoms with Gasteiger partial charge in [-0.05, 0) is 37.2 Å². The van der Waals surface area contributed by atoms with Crippen LogP contribution in [0.3, 0.4) is 0 Å². The minimum atomic E-state index is -0.761. The lowest BCUT2D eigenvalue weighted by molar-refractivity contribution is -0.139. The summed E-state index contributed by atoms with van der Waals surface area (Å²) in [5.74, 6) is -0.0870. The Bertz CT molecular complexity index is 873. The zero-order valence-electron chi connectivity index (χ0n) is 15.8. The fourth-order valence-corrected chi connectivity index (χ4v) is 3.78. The van der Waals surface area contributed by atoms with E-state index in [0.717, 1.165) is 30.6 Å². The van der Waals surface area contributed by atoms with Crippen molar-refractivity contribution in [3.05, 3.63) is 58.5 Å². The number of nitrogens with one attached hydrogen (secondary N) is 1. The summed E-state index contributed by atoms with van der Waals surface area (Å²) < 4.78 is 1.45. The Hall–Kier alpha value is -2.67. The van der Waals surface area contributed by atoms with Crippen molar-refractivity contribution in [1.29, 1.82) is 0 Å². The van der Waals surface area contributed by atoms with Crippen LogP contribution in [0.1, 0.15) is 31.2 Å². The van der Waals surface area contributed by atoms with E-state index in [0.29, 0.717) is 18.5 Å². The second kappa shape index (κ2) is 8.14. The largest absolute Gasteiger partial charge is 0.480 e. The first-order chi connectivity index (χ1) is 13.6. The normalized spacial score (nSPS) is 21.3. The van der Waals surface area contributed by atoms with Crippen molar-refractivity contribution in [3.63, 3.8) is 0 Å². The smallest absolute Gasteiger partial charge is 0.317 e. The molecule has 7 nitrogen and oxygen atoms in total. The van der Waals surface area contributed by atoms with Crippen LogP contribution in [0, 0.1) is 5.92 Å². The molecule has 0 saturated heterocycles. The van der Waals surface area contributed by atoms with Gasteiger partial charge in [0.2, 0.25) is 0 Å². The summed E-state index contributed by atoms with van der Waals surface area (Å²) in [6.07, 6.45) is 5.92. The van der Waals surface area contributed by atoms with Gasteiger partial charge in [0.1, 0.15) is 0 Å². The van der Waals surface area contributed by atoms with E-state index in [4.69, 9.17) is 5.11 Å². The van der Waals surface area contributed by atoms with E-state index in [2.05, 4.69) is 15.3 Å². The van der Waals surface area contributed by atoms with Gasteiger partial charge in [0.15, 0.2) is 0 Å². The standard InChI is InChI=1S/C21H26N4O3/c26-20-10-18(11-22-25(20)13-15-4-2-1-3-5-15)23-17-8-19(9-17)24(14-21(27)28)12-16-6-7-16/h1-5,10-11,16-17,19,23H,6-9,12-14H2,(H,27,28). The van der Waals surface area contributed by atoms with E-state index in [1.54, 1.807) is 12.3 Å². The molecule has 1 aromatic heterocycles. The predicted octanol–water partition coefficient (Wildman–Crippen LogP) is 2.03. The van der Waals surface area contributed by atoms with Gasteiger partial charge < -0.3 is 10.4 Å². The van der Waals surface area contributed by atoms with Gasteiger partial charge in [-0.3, -0.25) is 14.5 Å². The Morgan fingerprint density at radius 2 is 2.00 bits per heavy atom. The van der Waals surface area contributed by atoms with Crippen molar-refractivity contribution >= 4 is 11.7 Å². The fraction of sp³-hybridized carbons (Fsp3) is 0.476. The zero-order valence-corrected chi connectivity index (χ0v) is 15.8. The third-order valence-electron chi connectivity index (χ3n) is 5.57. The molecule has 0 atom stereocenters. The van der Waals surface area contributed by atoms with Crippen molar-refractivity contribution in [3.8, 4) is 0 Å².